The Bertz CT molecular complexity index is 1090. The third-order valence-corrected chi connectivity index (χ3v) is 5.46. The molecule has 0 saturated heterocycles. The summed E-state index contributed by atoms with van der Waals surface area (Å²) in [4.78, 5) is 16.6. The summed E-state index contributed by atoms with van der Waals surface area (Å²) < 4.78 is 13.8. The minimum Gasteiger partial charge on any atom is -0.493 e. The van der Waals surface area contributed by atoms with Crippen molar-refractivity contribution in [1.82, 2.24) is 14.9 Å². The quantitative estimate of drug-likeness (QED) is 0.384. The smallest absolute Gasteiger partial charge is 0.222 e. The fourth-order valence-electron chi connectivity index (χ4n) is 3.73. The molecule has 33 heavy (non-hydrogen) atoms. The van der Waals surface area contributed by atoms with Crippen molar-refractivity contribution in [3.63, 3.8) is 0 Å². The van der Waals surface area contributed by atoms with Crippen LogP contribution in [-0.2, 0) is 17.8 Å². The molecule has 0 radical (unpaired) electrons. The second-order valence-electron chi connectivity index (χ2n) is 8.33. The third kappa shape index (κ3) is 6.60. The van der Waals surface area contributed by atoms with Gasteiger partial charge >= 0.3 is 0 Å². The van der Waals surface area contributed by atoms with Crippen molar-refractivity contribution in [3.05, 3.63) is 59.9 Å². The van der Waals surface area contributed by atoms with Crippen LogP contribution in [0.3, 0.4) is 0 Å². The number of imidazole rings is 1. The zero-order chi connectivity index (χ0) is 23.6. The number of benzene rings is 2. The number of nitrogens with zero attached hydrogens (tertiary/aromatic N) is 2. The highest BCUT2D eigenvalue weighted by atomic mass is 16.5. The Kier molecular flexibility index (Phi) is 8.93. The number of para-hydroxylation sites is 2. The number of carbonyl (C=O) groups excluding carboxylic acids is 1. The van der Waals surface area contributed by atoms with Crippen LogP contribution in [0.25, 0.3) is 17.1 Å². The Morgan fingerprint density at radius 2 is 1.97 bits per heavy atom. The van der Waals surface area contributed by atoms with E-state index in [-0.39, 0.29) is 11.8 Å². The monoisotopic (exact) mass is 449 g/mol. The van der Waals surface area contributed by atoms with Gasteiger partial charge < -0.3 is 19.4 Å². The van der Waals surface area contributed by atoms with E-state index >= 15 is 0 Å². The number of aromatic nitrogens is 2. The first kappa shape index (κ1) is 24.4. The fourth-order valence-corrected chi connectivity index (χ4v) is 3.73. The van der Waals surface area contributed by atoms with E-state index in [0.717, 1.165) is 59.7 Å². The van der Waals surface area contributed by atoms with Gasteiger partial charge in [0.05, 0.1) is 24.8 Å². The molecule has 0 bridgehead atoms. The van der Waals surface area contributed by atoms with Crippen LogP contribution in [-0.4, -0.2) is 35.7 Å². The minimum absolute atomic E-state index is 0.00695. The second kappa shape index (κ2) is 12.1. The molecule has 1 aromatic heterocycles. The summed E-state index contributed by atoms with van der Waals surface area (Å²) in [5.41, 5.74) is 3.22. The highest BCUT2D eigenvalue weighted by Gasteiger charge is 2.12. The summed E-state index contributed by atoms with van der Waals surface area (Å²) in [7, 11) is 1.66. The second-order valence-corrected chi connectivity index (χ2v) is 8.33. The number of amides is 1. The molecule has 176 valence electrons. The number of aryl methyl sites for hydroxylation is 2. The van der Waals surface area contributed by atoms with E-state index in [1.54, 1.807) is 7.11 Å². The molecule has 3 aromatic rings. The van der Waals surface area contributed by atoms with Gasteiger partial charge in [0.1, 0.15) is 5.82 Å². The summed E-state index contributed by atoms with van der Waals surface area (Å²) >= 11 is 0. The van der Waals surface area contributed by atoms with E-state index in [9.17, 15) is 4.79 Å². The normalized spacial score (nSPS) is 11.4. The van der Waals surface area contributed by atoms with Gasteiger partial charge in [0.25, 0.3) is 0 Å². The predicted molar refractivity (Wildman–Crippen MR) is 134 cm³/mol. The number of hydrogen-bond acceptors (Lipinski definition) is 4. The van der Waals surface area contributed by atoms with E-state index in [0.29, 0.717) is 13.2 Å². The van der Waals surface area contributed by atoms with Crippen LogP contribution in [0.1, 0.15) is 45.0 Å². The minimum atomic E-state index is 0.00695. The van der Waals surface area contributed by atoms with E-state index < -0.39 is 0 Å². The molecule has 0 atom stereocenters. The lowest BCUT2D eigenvalue weighted by atomic mass is 10.2. The van der Waals surface area contributed by atoms with Gasteiger partial charge in [-0.15, -0.1) is 0 Å². The zero-order valence-corrected chi connectivity index (χ0v) is 20.1. The molecule has 0 aliphatic rings. The number of fused-ring (bicyclic) bond motifs is 1. The molecule has 0 fully saturated rings. The molecule has 6 heteroatoms. The van der Waals surface area contributed by atoms with Crippen molar-refractivity contribution in [1.29, 1.82) is 0 Å². The predicted octanol–water partition coefficient (Wildman–Crippen LogP) is 5.25. The molecule has 1 N–H and O–H groups in total. The lowest BCUT2D eigenvalue weighted by Gasteiger charge is -2.13. The van der Waals surface area contributed by atoms with Crippen molar-refractivity contribution in [2.75, 3.05) is 20.3 Å². The molecule has 3 rings (SSSR count). The van der Waals surface area contributed by atoms with Crippen molar-refractivity contribution in [3.8, 4) is 11.5 Å². The van der Waals surface area contributed by atoms with Gasteiger partial charge in [0, 0.05) is 25.4 Å². The Morgan fingerprint density at radius 1 is 1.15 bits per heavy atom. The topological polar surface area (TPSA) is 65.4 Å². The number of rotatable bonds is 12. The number of hydrogen-bond donors (Lipinski definition) is 1. The van der Waals surface area contributed by atoms with Crippen LogP contribution in [0.5, 0.6) is 11.5 Å². The molecule has 1 amide bonds. The summed E-state index contributed by atoms with van der Waals surface area (Å²) in [6, 6.07) is 14.2. The number of methoxy groups -OCH3 is 1. The van der Waals surface area contributed by atoms with E-state index in [4.69, 9.17) is 14.5 Å². The lowest BCUT2D eigenvalue weighted by Crippen LogP contribution is -2.28. The molecule has 0 aliphatic carbocycles. The lowest BCUT2D eigenvalue weighted by molar-refractivity contribution is -0.123. The van der Waals surface area contributed by atoms with Gasteiger partial charge in [-0.2, -0.15) is 0 Å². The number of nitrogens with one attached hydrogen (secondary N) is 1. The van der Waals surface area contributed by atoms with Crippen molar-refractivity contribution in [2.45, 2.75) is 46.6 Å². The van der Waals surface area contributed by atoms with E-state index in [1.165, 1.54) is 0 Å². The number of ether oxygens (including phenoxy) is 2. The van der Waals surface area contributed by atoms with E-state index in [2.05, 4.69) is 16.0 Å². The van der Waals surface area contributed by atoms with Crippen LogP contribution in [0.2, 0.25) is 0 Å². The first-order valence-electron chi connectivity index (χ1n) is 11.7. The SMILES string of the molecule is C/C=C/c1ccc(OCCCn2c(CCCNC(=O)C(C)C)nc3ccccc32)c(OC)c1. The molecule has 2 aromatic carbocycles. The summed E-state index contributed by atoms with van der Waals surface area (Å²) in [5.74, 6) is 2.63. The Hall–Kier alpha value is -3.28. The van der Waals surface area contributed by atoms with Crippen LogP contribution in [0, 0.1) is 5.92 Å². The number of carbonyl (C=O) groups is 1. The summed E-state index contributed by atoms with van der Waals surface area (Å²) in [6.07, 6.45) is 6.55. The van der Waals surface area contributed by atoms with Crippen molar-refractivity contribution >= 4 is 23.0 Å². The van der Waals surface area contributed by atoms with Gasteiger partial charge in [0.2, 0.25) is 5.91 Å². The summed E-state index contributed by atoms with van der Waals surface area (Å²) in [6.45, 7) is 7.86. The van der Waals surface area contributed by atoms with Crippen LogP contribution in [0.4, 0.5) is 0 Å². The Labute approximate surface area is 196 Å². The molecule has 0 unspecified atom stereocenters. The molecular weight excluding hydrogens is 414 g/mol. The zero-order valence-electron chi connectivity index (χ0n) is 20.1. The fraction of sp³-hybridized carbons (Fsp3) is 0.407. The van der Waals surface area contributed by atoms with Crippen LogP contribution in [0.15, 0.2) is 48.5 Å². The molecule has 1 heterocycles. The largest absolute Gasteiger partial charge is 0.493 e. The average Bonchev–Trinajstić information content (AvgIpc) is 3.17. The van der Waals surface area contributed by atoms with Crippen molar-refractivity contribution in [2.24, 2.45) is 5.92 Å². The molecule has 0 saturated carbocycles. The Balaban J connectivity index is 1.60. The molecular formula is C27H35N3O3. The van der Waals surface area contributed by atoms with Crippen LogP contribution >= 0.6 is 0 Å². The highest BCUT2D eigenvalue weighted by molar-refractivity contribution is 5.77. The number of allylic oxidation sites excluding steroid dienone is 1. The maximum atomic E-state index is 11.8. The standard InChI is InChI=1S/C27H35N3O3/c1-5-10-21-14-15-24(25(19-21)32-4)33-18-9-17-30-23-12-7-6-11-22(23)29-26(30)13-8-16-28-27(31)20(2)3/h5-7,10-12,14-15,19-20H,8-9,13,16-18H2,1-4H3,(H,28,31)/b10-5+. The third-order valence-electron chi connectivity index (χ3n) is 5.46. The van der Waals surface area contributed by atoms with Gasteiger partial charge in [-0.25, -0.2) is 4.98 Å². The first-order valence-corrected chi connectivity index (χ1v) is 11.7. The van der Waals surface area contributed by atoms with Crippen LogP contribution < -0.4 is 14.8 Å². The maximum Gasteiger partial charge on any atom is 0.222 e. The summed E-state index contributed by atoms with van der Waals surface area (Å²) in [5, 5.41) is 2.99. The molecule has 0 spiro atoms. The average molecular weight is 450 g/mol. The van der Waals surface area contributed by atoms with Gasteiger partial charge in [-0.1, -0.05) is 44.2 Å². The van der Waals surface area contributed by atoms with Gasteiger partial charge in [-0.3, -0.25) is 4.79 Å². The Morgan fingerprint density at radius 3 is 2.73 bits per heavy atom. The van der Waals surface area contributed by atoms with Gasteiger partial charge in [0.15, 0.2) is 11.5 Å². The highest BCUT2D eigenvalue weighted by Crippen LogP contribution is 2.29. The van der Waals surface area contributed by atoms with Crippen molar-refractivity contribution < 1.29 is 14.3 Å². The molecule has 0 aliphatic heterocycles. The first-order chi connectivity index (χ1) is 16.0. The maximum absolute atomic E-state index is 11.8. The molecule has 6 nitrogen and oxygen atoms in total. The van der Waals surface area contributed by atoms with Gasteiger partial charge in [-0.05, 0) is 49.6 Å². The van der Waals surface area contributed by atoms with E-state index in [1.807, 2.05) is 69.3 Å².